The van der Waals surface area contributed by atoms with Crippen LogP contribution in [0.2, 0.25) is 0 Å². The minimum absolute atomic E-state index is 0.451. The van der Waals surface area contributed by atoms with E-state index in [-0.39, 0.29) is 0 Å². The Hall–Kier alpha value is -1.02. The molecule has 1 aromatic rings. The molecule has 0 bridgehead atoms. The van der Waals surface area contributed by atoms with E-state index >= 15 is 0 Å². The van der Waals surface area contributed by atoms with Crippen LogP contribution in [0.15, 0.2) is 54.2 Å². The van der Waals surface area contributed by atoms with Gasteiger partial charge < -0.3 is 0 Å². The molecule has 0 aliphatic carbocycles. The fraction of sp³-hybridized carbons (Fsp3) is 0.250. The molecule has 1 unspecified atom stereocenters. The zero-order valence-corrected chi connectivity index (χ0v) is 9.20. The van der Waals surface area contributed by atoms with Crippen molar-refractivity contribution in [1.29, 1.82) is 0 Å². The molecule has 74 valence electrons. The number of hydrogen-bond acceptors (Lipinski definition) is 2. The van der Waals surface area contributed by atoms with Crippen LogP contribution in [0.25, 0.3) is 0 Å². The predicted octanol–water partition coefficient (Wildman–Crippen LogP) is 3.69. The van der Waals surface area contributed by atoms with Gasteiger partial charge in [-0.2, -0.15) is 0 Å². The Morgan fingerprint density at radius 1 is 1.57 bits per heavy atom. The lowest BCUT2D eigenvalue weighted by Gasteiger charge is -2.08. The fourth-order valence-corrected chi connectivity index (χ4v) is 2.17. The first kappa shape index (κ1) is 11.1. The number of thioether (sulfide) groups is 1. The van der Waals surface area contributed by atoms with Gasteiger partial charge in [-0.1, -0.05) is 36.1 Å². The van der Waals surface area contributed by atoms with Gasteiger partial charge in [-0.25, -0.2) is 4.98 Å². The Kier molecular flexibility index (Phi) is 5.08. The molecule has 0 aliphatic heterocycles. The van der Waals surface area contributed by atoms with Crippen LogP contribution >= 0.6 is 11.8 Å². The number of rotatable bonds is 5. The van der Waals surface area contributed by atoms with Crippen LogP contribution in [0.4, 0.5) is 0 Å². The van der Waals surface area contributed by atoms with Gasteiger partial charge in [0.1, 0.15) is 0 Å². The zero-order chi connectivity index (χ0) is 10.2. The van der Waals surface area contributed by atoms with Crippen LogP contribution in [0.5, 0.6) is 0 Å². The molecular weight excluding hydrogens is 190 g/mol. The summed E-state index contributed by atoms with van der Waals surface area (Å²) in [5.74, 6) is 0. The zero-order valence-electron chi connectivity index (χ0n) is 8.39. The molecule has 1 rings (SSSR count). The minimum Gasteiger partial charge on any atom is -0.250 e. The summed E-state index contributed by atoms with van der Waals surface area (Å²) >= 11 is 1.77. The van der Waals surface area contributed by atoms with E-state index < -0.39 is 0 Å². The molecule has 2 heteroatoms. The van der Waals surface area contributed by atoms with Crippen LogP contribution in [-0.4, -0.2) is 10.2 Å². The van der Waals surface area contributed by atoms with Gasteiger partial charge in [-0.05, 0) is 25.5 Å². The summed E-state index contributed by atoms with van der Waals surface area (Å²) in [6.45, 7) is 5.79. The molecule has 0 amide bonds. The summed E-state index contributed by atoms with van der Waals surface area (Å²) in [6.07, 6.45) is 9.00. The molecule has 0 fully saturated rings. The average Bonchev–Trinajstić information content (AvgIpc) is 2.20. The highest BCUT2D eigenvalue weighted by molar-refractivity contribution is 8.00. The van der Waals surface area contributed by atoms with E-state index in [1.165, 1.54) is 0 Å². The highest BCUT2D eigenvalue weighted by Crippen LogP contribution is 2.24. The van der Waals surface area contributed by atoms with Crippen LogP contribution in [-0.2, 0) is 0 Å². The molecule has 0 saturated heterocycles. The topological polar surface area (TPSA) is 12.9 Å². The summed E-state index contributed by atoms with van der Waals surface area (Å²) in [5.41, 5.74) is 0. The maximum Gasteiger partial charge on any atom is 0.0965 e. The van der Waals surface area contributed by atoms with Crippen molar-refractivity contribution in [2.75, 3.05) is 0 Å². The lowest BCUT2D eigenvalue weighted by molar-refractivity contribution is 1.05. The first-order chi connectivity index (χ1) is 6.86. The molecule has 0 aliphatic rings. The molecule has 0 spiro atoms. The maximum atomic E-state index is 4.28. The van der Waals surface area contributed by atoms with Crippen LogP contribution in [0, 0.1) is 0 Å². The number of aromatic nitrogens is 1. The summed E-state index contributed by atoms with van der Waals surface area (Å²) < 4.78 is 0. The van der Waals surface area contributed by atoms with Crippen molar-refractivity contribution in [2.45, 2.75) is 23.6 Å². The summed E-state index contributed by atoms with van der Waals surface area (Å²) in [7, 11) is 0. The van der Waals surface area contributed by atoms with Gasteiger partial charge >= 0.3 is 0 Å². The summed E-state index contributed by atoms with van der Waals surface area (Å²) in [5, 5.41) is 1.52. The SMILES string of the molecule is C=CCC(/C=C/C)Sc1ccccn1. The molecule has 0 radical (unpaired) electrons. The van der Waals surface area contributed by atoms with Crippen LogP contribution in [0.1, 0.15) is 13.3 Å². The van der Waals surface area contributed by atoms with Crippen molar-refractivity contribution in [3.05, 3.63) is 49.2 Å². The number of allylic oxidation sites excluding steroid dienone is 2. The smallest absolute Gasteiger partial charge is 0.0965 e. The third-order valence-electron chi connectivity index (χ3n) is 1.72. The Labute approximate surface area is 89.9 Å². The highest BCUT2D eigenvalue weighted by Gasteiger charge is 2.04. The van der Waals surface area contributed by atoms with Crippen molar-refractivity contribution in [3.8, 4) is 0 Å². The second-order valence-corrected chi connectivity index (χ2v) is 4.13. The minimum atomic E-state index is 0.451. The molecule has 0 saturated carbocycles. The van der Waals surface area contributed by atoms with E-state index in [0.717, 1.165) is 11.4 Å². The Morgan fingerprint density at radius 2 is 2.43 bits per heavy atom. The van der Waals surface area contributed by atoms with Crippen LogP contribution < -0.4 is 0 Å². The summed E-state index contributed by atoms with van der Waals surface area (Å²) in [4.78, 5) is 4.28. The second kappa shape index (κ2) is 6.44. The monoisotopic (exact) mass is 205 g/mol. The van der Waals surface area contributed by atoms with Crippen molar-refractivity contribution in [1.82, 2.24) is 4.98 Å². The first-order valence-electron chi connectivity index (χ1n) is 4.68. The van der Waals surface area contributed by atoms with Crippen molar-refractivity contribution >= 4 is 11.8 Å². The van der Waals surface area contributed by atoms with Gasteiger partial charge in [0, 0.05) is 11.4 Å². The van der Waals surface area contributed by atoms with Gasteiger partial charge in [0.25, 0.3) is 0 Å². The van der Waals surface area contributed by atoms with Gasteiger partial charge in [0.15, 0.2) is 0 Å². The third-order valence-corrected chi connectivity index (χ3v) is 2.85. The third kappa shape index (κ3) is 3.79. The predicted molar refractivity (Wildman–Crippen MR) is 63.5 cm³/mol. The highest BCUT2D eigenvalue weighted by atomic mass is 32.2. The van der Waals surface area contributed by atoms with E-state index in [9.17, 15) is 0 Å². The second-order valence-electron chi connectivity index (χ2n) is 2.87. The van der Waals surface area contributed by atoms with E-state index in [1.807, 2.05) is 37.4 Å². The molecule has 1 atom stereocenters. The molecule has 14 heavy (non-hydrogen) atoms. The molecule has 1 nitrogen and oxygen atoms in total. The van der Waals surface area contributed by atoms with E-state index in [2.05, 4.69) is 23.7 Å². The first-order valence-corrected chi connectivity index (χ1v) is 5.56. The normalized spacial score (nSPS) is 12.9. The van der Waals surface area contributed by atoms with Gasteiger partial charge in [-0.15, -0.1) is 6.58 Å². The Balaban J connectivity index is 2.59. The summed E-state index contributed by atoms with van der Waals surface area (Å²) in [6, 6.07) is 5.97. The lowest BCUT2D eigenvalue weighted by atomic mass is 10.3. The number of hydrogen-bond donors (Lipinski definition) is 0. The Bertz CT molecular complexity index is 292. The van der Waals surface area contributed by atoms with E-state index in [1.54, 1.807) is 11.8 Å². The molecular formula is C12H15NS. The fourth-order valence-electron chi connectivity index (χ4n) is 1.12. The van der Waals surface area contributed by atoms with Gasteiger partial charge in [-0.3, -0.25) is 0 Å². The molecule has 0 N–H and O–H groups in total. The van der Waals surface area contributed by atoms with Crippen molar-refractivity contribution < 1.29 is 0 Å². The quantitative estimate of drug-likeness (QED) is 0.537. The van der Waals surface area contributed by atoms with Crippen LogP contribution in [0.3, 0.4) is 0 Å². The number of pyridine rings is 1. The molecule has 1 aromatic heterocycles. The van der Waals surface area contributed by atoms with Gasteiger partial charge in [0.2, 0.25) is 0 Å². The van der Waals surface area contributed by atoms with Crippen molar-refractivity contribution in [2.24, 2.45) is 0 Å². The Morgan fingerprint density at radius 3 is 3.00 bits per heavy atom. The van der Waals surface area contributed by atoms with E-state index in [4.69, 9.17) is 0 Å². The van der Waals surface area contributed by atoms with Crippen molar-refractivity contribution in [3.63, 3.8) is 0 Å². The number of nitrogens with zero attached hydrogens (tertiary/aromatic N) is 1. The lowest BCUT2D eigenvalue weighted by Crippen LogP contribution is -1.96. The standard InChI is InChI=1S/C12H15NS/c1-3-7-11(8-4-2)14-12-9-5-6-10-13-12/h3-6,8-11H,1,7H2,2H3/b8-4+. The van der Waals surface area contributed by atoms with Gasteiger partial charge in [0.05, 0.1) is 5.03 Å². The molecule has 1 heterocycles. The average molecular weight is 205 g/mol. The van der Waals surface area contributed by atoms with E-state index in [0.29, 0.717) is 5.25 Å². The maximum absolute atomic E-state index is 4.28. The molecule has 0 aromatic carbocycles. The largest absolute Gasteiger partial charge is 0.250 e.